The van der Waals surface area contributed by atoms with Crippen molar-refractivity contribution in [3.05, 3.63) is 89.4 Å². The Hall–Kier alpha value is -3.03. The third kappa shape index (κ3) is 5.81. The van der Waals surface area contributed by atoms with Crippen molar-refractivity contribution in [2.75, 3.05) is 13.2 Å². The van der Waals surface area contributed by atoms with E-state index in [4.69, 9.17) is 9.15 Å². The molecule has 2 atom stereocenters. The van der Waals surface area contributed by atoms with Gasteiger partial charge in [-0.25, -0.2) is 9.37 Å². The Morgan fingerprint density at radius 3 is 2.81 bits per heavy atom. The molecule has 1 fully saturated rings. The molecule has 4 rings (SSSR count). The van der Waals surface area contributed by atoms with E-state index in [2.05, 4.69) is 34.3 Å². The summed E-state index contributed by atoms with van der Waals surface area (Å²) in [5, 5.41) is 2.86. The number of hydrogen-bond donors (Lipinski definition) is 1. The molecule has 0 radical (unpaired) electrons. The van der Waals surface area contributed by atoms with Crippen molar-refractivity contribution in [2.45, 2.75) is 45.0 Å². The molecule has 0 bridgehead atoms. The fraction of sp³-hybridized carbons (Fsp3) is 0.360. The van der Waals surface area contributed by atoms with Gasteiger partial charge in [0.1, 0.15) is 12.1 Å². The first kappa shape index (κ1) is 22.2. The van der Waals surface area contributed by atoms with E-state index < -0.39 is 0 Å². The molecule has 6 nitrogen and oxygen atoms in total. The van der Waals surface area contributed by atoms with Crippen LogP contribution in [0.5, 0.6) is 0 Å². The summed E-state index contributed by atoms with van der Waals surface area (Å²) >= 11 is 0. The molecule has 0 unspecified atom stereocenters. The predicted molar refractivity (Wildman–Crippen MR) is 118 cm³/mol. The molecule has 1 aliphatic heterocycles. The molecule has 2 heterocycles. The van der Waals surface area contributed by atoms with Gasteiger partial charge in [0.25, 0.3) is 5.91 Å². The highest BCUT2D eigenvalue weighted by molar-refractivity contribution is 5.91. The van der Waals surface area contributed by atoms with Crippen LogP contribution in [0.3, 0.4) is 0 Å². The zero-order chi connectivity index (χ0) is 22.3. The average molecular weight is 438 g/mol. The minimum atomic E-state index is -0.275. The van der Waals surface area contributed by atoms with Gasteiger partial charge in [-0.2, -0.15) is 0 Å². The number of benzene rings is 2. The summed E-state index contributed by atoms with van der Waals surface area (Å²) < 4.78 is 24.9. The minimum absolute atomic E-state index is 0.0307. The Morgan fingerprint density at radius 2 is 2.06 bits per heavy atom. The molecule has 1 amide bonds. The van der Waals surface area contributed by atoms with E-state index in [-0.39, 0.29) is 29.6 Å². The number of rotatable bonds is 9. The molecule has 7 heteroatoms. The third-order valence-electron chi connectivity index (χ3n) is 5.74. The van der Waals surface area contributed by atoms with Crippen molar-refractivity contribution in [1.29, 1.82) is 0 Å². The lowest BCUT2D eigenvalue weighted by Gasteiger charge is -2.28. The normalized spacial score (nSPS) is 16.9. The lowest BCUT2D eigenvalue weighted by molar-refractivity contribution is 0.0853. The Kier molecular flexibility index (Phi) is 7.29. The van der Waals surface area contributed by atoms with E-state index in [1.165, 1.54) is 18.4 Å². The van der Waals surface area contributed by atoms with E-state index in [0.717, 1.165) is 30.6 Å². The van der Waals surface area contributed by atoms with Gasteiger partial charge in [0.15, 0.2) is 5.69 Å². The first-order valence-electron chi connectivity index (χ1n) is 11.0. The largest absolute Gasteiger partial charge is 0.447 e. The Morgan fingerprint density at radius 1 is 1.22 bits per heavy atom. The van der Waals surface area contributed by atoms with Crippen molar-refractivity contribution in [3.63, 3.8) is 0 Å². The highest BCUT2D eigenvalue weighted by Crippen LogP contribution is 2.25. The van der Waals surface area contributed by atoms with Crippen LogP contribution in [0.25, 0.3) is 0 Å². The molecule has 2 aromatic carbocycles. The van der Waals surface area contributed by atoms with Crippen molar-refractivity contribution >= 4 is 5.91 Å². The van der Waals surface area contributed by atoms with Gasteiger partial charge < -0.3 is 14.5 Å². The number of oxazole rings is 1. The molecular weight excluding hydrogens is 409 g/mol. The monoisotopic (exact) mass is 437 g/mol. The highest BCUT2D eigenvalue weighted by atomic mass is 19.1. The zero-order valence-corrected chi connectivity index (χ0v) is 18.2. The van der Waals surface area contributed by atoms with Gasteiger partial charge in [0.2, 0.25) is 5.89 Å². The molecular formula is C25H28FN3O3. The van der Waals surface area contributed by atoms with Crippen LogP contribution in [0, 0.1) is 5.82 Å². The lowest BCUT2D eigenvalue weighted by Crippen LogP contribution is -2.32. The maximum absolute atomic E-state index is 13.7. The van der Waals surface area contributed by atoms with Gasteiger partial charge in [0, 0.05) is 25.7 Å². The topological polar surface area (TPSA) is 67.6 Å². The van der Waals surface area contributed by atoms with Crippen LogP contribution in [-0.2, 0) is 17.8 Å². The molecule has 1 saturated heterocycles. The van der Waals surface area contributed by atoms with E-state index >= 15 is 0 Å². The molecule has 0 saturated carbocycles. The van der Waals surface area contributed by atoms with Crippen LogP contribution in [0.1, 0.15) is 53.3 Å². The highest BCUT2D eigenvalue weighted by Gasteiger charge is 2.22. The lowest BCUT2D eigenvalue weighted by atomic mass is 10.1. The van der Waals surface area contributed by atoms with Crippen LogP contribution in [0.2, 0.25) is 0 Å². The first-order chi connectivity index (χ1) is 15.6. The summed E-state index contributed by atoms with van der Waals surface area (Å²) in [5.41, 5.74) is 2.23. The van der Waals surface area contributed by atoms with Crippen molar-refractivity contribution in [1.82, 2.24) is 15.2 Å². The quantitative estimate of drug-likeness (QED) is 0.534. The number of halogens is 1. The number of carbonyl (C=O) groups is 1. The number of nitrogens with zero attached hydrogens (tertiary/aromatic N) is 2. The fourth-order valence-corrected chi connectivity index (χ4v) is 3.91. The van der Waals surface area contributed by atoms with E-state index in [1.54, 1.807) is 6.07 Å². The number of ether oxygens (including phenoxy) is 1. The maximum Gasteiger partial charge on any atom is 0.273 e. The maximum atomic E-state index is 13.7. The second-order valence-corrected chi connectivity index (χ2v) is 8.09. The van der Waals surface area contributed by atoms with Crippen LogP contribution in [0.4, 0.5) is 4.39 Å². The zero-order valence-electron chi connectivity index (χ0n) is 18.2. The number of aromatic nitrogens is 1. The summed E-state index contributed by atoms with van der Waals surface area (Å²) in [6.45, 7) is 4.20. The Labute approximate surface area is 187 Å². The number of hydrogen-bond acceptors (Lipinski definition) is 5. The Bertz CT molecular complexity index is 1020. The summed E-state index contributed by atoms with van der Waals surface area (Å²) in [6.07, 6.45) is 3.43. The fourth-order valence-electron chi connectivity index (χ4n) is 3.91. The van der Waals surface area contributed by atoms with Crippen LogP contribution in [-0.4, -0.2) is 35.0 Å². The van der Waals surface area contributed by atoms with Crippen LogP contribution >= 0.6 is 0 Å². The third-order valence-corrected chi connectivity index (χ3v) is 5.74. The van der Waals surface area contributed by atoms with Crippen molar-refractivity contribution < 1.29 is 18.3 Å². The SMILES string of the molecule is C[C@@H](c1ccccc1)N(Cc1cccc(F)c1)Cc1nc(C(=O)NC[C@H]2CCCO2)co1. The summed E-state index contributed by atoms with van der Waals surface area (Å²) in [5.74, 6) is -0.106. The van der Waals surface area contributed by atoms with Crippen LogP contribution in [0.15, 0.2) is 65.3 Å². The average Bonchev–Trinajstić information content (AvgIpc) is 3.49. The molecule has 1 N–H and O–H groups in total. The Balaban J connectivity index is 1.46. The molecule has 0 aliphatic carbocycles. The molecule has 3 aromatic rings. The number of nitrogens with one attached hydrogen (secondary N) is 1. The van der Waals surface area contributed by atoms with Gasteiger partial charge in [-0.15, -0.1) is 0 Å². The van der Waals surface area contributed by atoms with Crippen molar-refractivity contribution in [2.24, 2.45) is 0 Å². The number of amides is 1. The first-order valence-corrected chi connectivity index (χ1v) is 11.0. The smallest absolute Gasteiger partial charge is 0.273 e. The van der Waals surface area contributed by atoms with E-state index in [9.17, 15) is 9.18 Å². The van der Waals surface area contributed by atoms with Gasteiger partial charge in [-0.3, -0.25) is 9.69 Å². The molecule has 168 valence electrons. The van der Waals surface area contributed by atoms with Crippen LogP contribution < -0.4 is 5.32 Å². The molecule has 1 aromatic heterocycles. The van der Waals surface area contributed by atoms with E-state index in [0.29, 0.717) is 25.5 Å². The minimum Gasteiger partial charge on any atom is -0.447 e. The van der Waals surface area contributed by atoms with Gasteiger partial charge in [-0.1, -0.05) is 42.5 Å². The molecule has 1 aliphatic rings. The van der Waals surface area contributed by atoms with Gasteiger partial charge in [0.05, 0.1) is 12.6 Å². The standard InChI is InChI=1S/C25H28FN3O3/c1-18(20-8-3-2-4-9-20)29(15-19-7-5-10-21(26)13-19)16-24-28-23(17-32-24)25(30)27-14-22-11-6-12-31-22/h2-5,7-10,13,17-18,22H,6,11-12,14-16H2,1H3,(H,27,30)/t18-,22+/m0/s1. The van der Waals surface area contributed by atoms with E-state index in [1.807, 2.05) is 24.3 Å². The second-order valence-electron chi connectivity index (χ2n) is 8.09. The summed E-state index contributed by atoms with van der Waals surface area (Å²) in [7, 11) is 0. The number of carbonyl (C=O) groups excluding carboxylic acids is 1. The molecule has 32 heavy (non-hydrogen) atoms. The summed E-state index contributed by atoms with van der Waals surface area (Å²) in [4.78, 5) is 19.0. The molecule has 0 spiro atoms. The van der Waals surface area contributed by atoms with Crippen molar-refractivity contribution in [3.8, 4) is 0 Å². The second kappa shape index (κ2) is 10.5. The van der Waals surface area contributed by atoms with Gasteiger partial charge in [-0.05, 0) is 43.0 Å². The predicted octanol–water partition coefficient (Wildman–Crippen LogP) is 4.49. The van der Waals surface area contributed by atoms with Gasteiger partial charge >= 0.3 is 0 Å². The summed E-state index contributed by atoms with van der Waals surface area (Å²) in [6, 6.07) is 16.7.